The molecule has 1 aromatic rings. The van der Waals surface area contributed by atoms with Crippen molar-refractivity contribution in [3.05, 3.63) is 35.6 Å². The molecule has 5 rings (SSSR count). The molecule has 2 bridgehead atoms. The Balaban J connectivity index is 0.980. The summed E-state index contributed by atoms with van der Waals surface area (Å²) >= 11 is 0. The first-order chi connectivity index (χ1) is 16.0. The van der Waals surface area contributed by atoms with Crippen molar-refractivity contribution in [1.82, 2.24) is 10.2 Å². The van der Waals surface area contributed by atoms with Gasteiger partial charge in [0.25, 0.3) is 0 Å². The van der Waals surface area contributed by atoms with Gasteiger partial charge in [0, 0.05) is 23.4 Å². The van der Waals surface area contributed by atoms with Gasteiger partial charge in [0.15, 0.2) is 5.78 Å². The Morgan fingerprint density at radius 1 is 0.909 bits per heavy atom. The molecule has 3 atom stereocenters. The SMILES string of the molecule is O=C(c1ccc(F)cc1)C1CCN(CC[C@H]2CC[C@H](NC(=O)C3C[C@@H]4CC[C@H]3C4)CC2)CC1. The second kappa shape index (κ2) is 10.2. The number of ketones is 1. The van der Waals surface area contributed by atoms with Crippen LogP contribution in [0.1, 0.15) is 81.0 Å². The lowest BCUT2D eigenvalue weighted by Gasteiger charge is -2.34. The van der Waals surface area contributed by atoms with E-state index in [2.05, 4.69) is 10.2 Å². The summed E-state index contributed by atoms with van der Waals surface area (Å²) in [4.78, 5) is 27.9. The van der Waals surface area contributed by atoms with Crippen LogP contribution < -0.4 is 5.32 Å². The summed E-state index contributed by atoms with van der Waals surface area (Å²) in [6.45, 7) is 3.07. The molecule has 1 N–H and O–H groups in total. The summed E-state index contributed by atoms with van der Waals surface area (Å²) in [5.74, 6) is 2.86. The van der Waals surface area contributed by atoms with Crippen molar-refractivity contribution in [2.75, 3.05) is 19.6 Å². The third kappa shape index (κ3) is 5.50. The van der Waals surface area contributed by atoms with Crippen molar-refractivity contribution < 1.29 is 14.0 Å². The van der Waals surface area contributed by atoms with E-state index in [0.29, 0.717) is 29.3 Å². The molecule has 1 amide bonds. The lowest BCUT2D eigenvalue weighted by Crippen LogP contribution is -2.42. The van der Waals surface area contributed by atoms with Crippen LogP contribution in [-0.2, 0) is 4.79 Å². The second-order valence-corrected chi connectivity index (χ2v) is 11.3. The average Bonchev–Trinajstić information content (AvgIpc) is 3.48. The predicted molar refractivity (Wildman–Crippen MR) is 127 cm³/mol. The van der Waals surface area contributed by atoms with Crippen LogP contribution in [-0.4, -0.2) is 42.3 Å². The van der Waals surface area contributed by atoms with Crippen molar-refractivity contribution in [1.29, 1.82) is 0 Å². The molecular formula is C28H39FN2O2. The minimum Gasteiger partial charge on any atom is -0.353 e. The number of hydrogen-bond acceptors (Lipinski definition) is 3. The highest BCUT2D eigenvalue weighted by Crippen LogP contribution is 2.48. The zero-order valence-corrected chi connectivity index (χ0v) is 19.8. The number of halogens is 1. The van der Waals surface area contributed by atoms with Crippen LogP contribution in [0.3, 0.4) is 0 Å². The Hall–Kier alpha value is -1.75. The third-order valence-electron chi connectivity index (χ3n) is 9.21. The van der Waals surface area contributed by atoms with Crippen LogP contribution in [0.4, 0.5) is 4.39 Å². The third-order valence-corrected chi connectivity index (χ3v) is 9.21. The number of carbonyl (C=O) groups excluding carboxylic acids is 2. The summed E-state index contributed by atoms with van der Waals surface area (Å²) in [7, 11) is 0. The first-order valence-electron chi connectivity index (χ1n) is 13.4. The highest BCUT2D eigenvalue weighted by atomic mass is 19.1. The topological polar surface area (TPSA) is 49.4 Å². The van der Waals surface area contributed by atoms with Gasteiger partial charge in [-0.3, -0.25) is 9.59 Å². The fourth-order valence-electron chi connectivity index (χ4n) is 7.10. The van der Waals surface area contributed by atoms with E-state index in [1.807, 2.05) is 0 Å². The predicted octanol–water partition coefficient (Wildman–Crippen LogP) is 5.22. The molecule has 1 aliphatic heterocycles. The Morgan fingerprint density at radius 2 is 1.64 bits per heavy atom. The van der Waals surface area contributed by atoms with Crippen LogP contribution in [0.15, 0.2) is 24.3 Å². The van der Waals surface area contributed by atoms with Gasteiger partial charge in [0.05, 0.1) is 0 Å². The van der Waals surface area contributed by atoms with Crippen molar-refractivity contribution >= 4 is 11.7 Å². The number of nitrogens with one attached hydrogen (secondary N) is 1. The molecule has 1 saturated heterocycles. The van der Waals surface area contributed by atoms with Gasteiger partial charge in [-0.2, -0.15) is 0 Å². The van der Waals surface area contributed by atoms with Gasteiger partial charge in [-0.1, -0.05) is 6.42 Å². The van der Waals surface area contributed by atoms with Crippen LogP contribution in [0, 0.1) is 35.4 Å². The number of benzene rings is 1. The lowest BCUT2D eigenvalue weighted by molar-refractivity contribution is -0.127. The minimum absolute atomic E-state index is 0.0702. The Morgan fingerprint density at radius 3 is 2.27 bits per heavy atom. The van der Waals surface area contributed by atoms with Gasteiger partial charge >= 0.3 is 0 Å². The van der Waals surface area contributed by atoms with E-state index >= 15 is 0 Å². The number of likely N-dealkylation sites (tertiary alicyclic amines) is 1. The van der Waals surface area contributed by atoms with Crippen molar-refractivity contribution in [2.24, 2.45) is 29.6 Å². The number of nitrogens with zero attached hydrogens (tertiary/aromatic N) is 1. The van der Waals surface area contributed by atoms with E-state index in [1.54, 1.807) is 12.1 Å². The number of amides is 1. The van der Waals surface area contributed by atoms with E-state index in [1.165, 1.54) is 50.7 Å². The smallest absolute Gasteiger partial charge is 0.223 e. The Bertz CT molecular complexity index is 825. The maximum atomic E-state index is 13.1. The maximum absolute atomic E-state index is 13.1. The van der Waals surface area contributed by atoms with Gasteiger partial charge < -0.3 is 10.2 Å². The molecule has 5 heteroatoms. The fourth-order valence-corrected chi connectivity index (χ4v) is 7.10. The highest BCUT2D eigenvalue weighted by molar-refractivity contribution is 5.97. The molecular weight excluding hydrogens is 415 g/mol. The largest absolute Gasteiger partial charge is 0.353 e. The Kier molecular flexibility index (Phi) is 7.15. The molecule has 33 heavy (non-hydrogen) atoms. The van der Waals surface area contributed by atoms with E-state index in [9.17, 15) is 14.0 Å². The first kappa shape index (κ1) is 23.0. The molecule has 4 fully saturated rings. The standard InChI is InChI=1S/C28H39FN2O2/c29-24-7-5-21(6-8-24)27(32)22-12-15-31(16-13-22)14-11-19-2-9-25(10-3-19)30-28(33)26-18-20-1-4-23(26)17-20/h5-8,19-20,22-23,25-26H,1-4,9-18H2,(H,30,33)/t19-,20-,23+,25-,26?/m1/s1. The molecule has 0 spiro atoms. The molecule has 4 aliphatic rings. The number of Topliss-reactive ketones (excluding diaryl/α,β-unsaturated/α-hetero) is 1. The molecule has 180 valence electrons. The second-order valence-electron chi connectivity index (χ2n) is 11.3. The van der Waals surface area contributed by atoms with Crippen LogP contribution >= 0.6 is 0 Å². The summed E-state index contributed by atoms with van der Waals surface area (Å²) in [5.41, 5.74) is 0.638. The molecule has 3 saturated carbocycles. The fraction of sp³-hybridized carbons (Fsp3) is 0.714. The van der Waals surface area contributed by atoms with E-state index in [4.69, 9.17) is 0 Å². The summed E-state index contributed by atoms with van der Waals surface area (Å²) in [5, 5.41) is 3.40. The van der Waals surface area contributed by atoms with Gasteiger partial charge in [-0.25, -0.2) is 4.39 Å². The zero-order valence-electron chi connectivity index (χ0n) is 19.8. The lowest BCUT2D eigenvalue weighted by atomic mass is 9.82. The zero-order chi connectivity index (χ0) is 22.8. The number of carbonyl (C=O) groups is 2. The molecule has 4 nitrogen and oxygen atoms in total. The van der Waals surface area contributed by atoms with Crippen LogP contribution in [0.5, 0.6) is 0 Å². The molecule has 1 heterocycles. The van der Waals surface area contributed by atoms with Gasteiger partial charge in [0.2, 0.25) is 5.91 Å². The molecule has 1 aromatic carbocycles. The number of piperidine rings is 1. The molecule has 0 aromatic heterocycles. The quantitative estimate of drug-likeness (QED) is 0.575. The molecule has 3 aliphatic carbocycles. The first-order valence-corrected chi connectivity index (χ1v) is 13.4. The summed E-state index contributed by atoms with van der Waals surface area (Å²) in [6, 6.07) is 6.37. The van der Waals surface area contributed by atoms with E-state index in [-0.39, 0.29) is 17.5 Å². The van der Waals surface area contributed by atoms with Gasteiger partial charge in [0.1, 0.15) is 5.82 Å². The number of fused-ring (bicyclic) bond motifs is 2. The summed E-state index contributed by atoms with van der Waals surface area (Å²) < 4.78 is 13.1. The maximum Gasteiger partial charge on any atom is 0.223 e. The highest BCUT2D eigenvalue weighted by Gasteiger charge is 2.43. The van der Waals surface area contributed by atoms with Gasteiger partial charge in [-0.05, 0) is 126 Å². The normalized spacial score (nSPS) is 32.7. The van der Waals surface area contributed by atoms with Gasteiger partial charge in [-0.15, -0.1) is 0 Å². The minimum atomic E-state index is -0.293. The van der Waals surface area contributed by atoms with Crippen LogP contribution in [0.2, 0.25) is 0 Å². The number of hydrogen-bond donors (Lipinski definition) is 1. The summed E-state index contributed by atoms with van der Waals surface area (Å²) in [6.07, 6.45) is 12.8. The van der Waals surface area contributed by atoms with Crippen molar-refractivity contribution in [3.63, 3.8) is 0 Å². The van der Waals surface area contributed by atoms with E-state index < -0.39 is 0 Å². The molecule has 0 radical (unpaired) electrons. The van der Waals surface area contributed by atoms with Crippen molar-refractivity contribution in [3.8, 4) is 0 Å². The number of rotatable bonds is 7. The van der Waals surface area contributed by atoms with E-state index in [0.717, 1.165) is 63.6 Å². The monoisotopic (exact) mass is 454 g/mol. The van der Waals surface area contributed by atoms with Crippen molar-refractivity contribution in [2.45, 2.75) is 76.7 Å². The Labute approximate surface area is 197 Å². The average molecular weight is 455 g/mol. The molecule has 1 unspecified atom stereocenters. The van der Waals surface area contributed by atoms with Crippen LogP contribution in [0.25, 0.3) is 0 Å².